The van der Waals surface area contributed by atoms with E-state index in [1.54, 1.807) is 0 Å². The summed E-state index contributed by atoms with van der Waals surface area (Å²) in [5.74, 6) is 1.19. The summed E-state index contributed by atoms with van der Waals surface area (Å²) in [6.45, 7) is 5.25. The number of hydrogen-bond donors (Lipinski definition) is 0. The Bertz CT molecular complexity index is 843. The Morgan fingerprint density at radius 1 is 0.686 bits per heavy atom. The van der Waals surface area contributed by atoms with Gasteiger partial charge in [-0.1, -0.05) is 109 Å². The van der Waals surface area contributed by atoms with Crippen molar-refractivity contribution in [1.82, 2.24) is 0 Å². The van der Waals surface area contributed by atoms with Gasteiger partial charge in [0.2, 0.25) is 0 Å². The first-order valence-electron chi connectivity index (χ1n) is 13.9. The monoisotopic (exact) mass is 480 g/mol. The van der Waals surface area contributed by atoms with E-state index in [4.69, 9.17) is 14.2 Å². The standard InChI is InChI=1S/C31H44O4/c1-3-5-7-9-11-13-15-29-30(35-29)31(32)34-28-22-18-26(19-23-28)25-16-20-27(21-17-25)33-24-14-12-10-8-6-4-2/h16-23,29-30H,3-15,24H2,1-2H3/t29-,30+/m0/s1. The van der Waals surface area contributed by atoms with E-state index in [0.29, 0.717) is 5.75 Å². The molecule has 2 aromatic carbocycles. The van der Waals surface area contributed by atoms with Crippen molar-refractivity contribution in [2.24, 2.45) is 0 Å². The summed E-state index contributed by atoms with van der Waals surface area (Å²) < 4.78 is 17.0. The van der Waals surface area contributed by atoms with Crippen LogP contribution in [-0.4, -0.2) is 24.8 Å². The maximum Gasteiger partial charge on any atom is 0.343 e. The number of unbranched alkanes of at least 4 members (excludes halogenated alkanes) is 10. The number of rotatable bonds is 18. The van der Waals surface area contributed by atoms with Gasteiger partial charge in [0.15, 0.2) is 6.10 Å². The van der Waals surface area contributed by atoms with Crippen LogP contribution in [0.15, 0.2) is 48.5 Å². The van der Waals surface area contributed by atoms with Gasteiger partial charge in [0.05, 0.1) is 12.7 Å². The van der Waals surface area contributed by atoms with Crippen molar-refractivity contribution in [3.8, 4) is 22.6 Å². The molecule has 4 heteroatoms. The van der Waals surface area contributed by atoms with Crippen molar-refractivity contribution in [3.63, 3.8) is 0 Å². The summed E-state index contributed by atoms with van der Waals surface area (Å²) in [5.41, 5.74) is 2.19. The smallest absolute Gasteiger partial charge is 0.343 e. The molecule has 0 amide bonds. The van der Waals surface area contributed by atoms with Crippen LogP contribution in [0.25, 0.3) is 11.1 Å². The zero-order chi connectivity index (χ0) is 24.7. The molecular formula is C31H44O4. The van der Waals surface area contributed by atoms with Crippen molar-refractivity contribution in [2.45, 2.75) is 110 Å². The van der Waals surface area contributed by atoms with E-state index < -0.39 is 6.10 Å². The average molecular weight is 481 g/mol. The Kier molecular flexibility index (Phi) is 12.2. The van der Waals surface area contributed by atoms with E-state index in [9.17, 15) is 4.79 Å². The summed E-state index contributed by atoms with van der Waals surface area (Å²) in [4.78, 5) is 12.4. The number of esters is 1. The molecule has 192 valence electrons. The Morgan fingerprint density at radius 2 is 1.20 bits per heavy atom. The average Bonchev–Trinajstić information content (AvgIpc) is 3.66. The molecule has 35 heavy (non-hydrogen) atoms. The van der Waals surface area contributed by atoms with E-state index in [2.05, 4.69) is 26.0 Å². The fraction of sp³-hybridized carbons (Fsp3) is 0.581. The van der Waals surface area contributed by atoms with E-state index in [1.807, 2.05) is 36.4 Å². The number of benzene rings is 2. The lowest BCUT2D eigenvalue weighted by atomic mass is 10.1. The summed E-state index contributed by atoms with van der Waals surface area (Å²) in [6.07, 6.45) is 15.7. The Morgan fingerprint density at radius 3 is 1.80 bits per heavy atom. The van der Waals surface area contributed by atoms with Crippen LogP contribution in [0, 0.1) is 0 Å². The second-order valence-electron chi connectivity index (χ2n) is 9.74. The van der Waals surface area contributed by atoms with Crippen molar-refractivity contribution in [3.05, 3.63) is 48.5 Å². The van der Waals surface area contributed by atoms with Crippen molar-refractivity contribution < 1.29 is 19.0 Å². The third kappa shape index (κ3) is 10.0. The second kappa shape index (κ2) is 15.6. The number of hydrogen-bond acceptors (Lipinski definition) is 4. The molecule has 0 bridgehead atoms. The summed E-state index contributed by atoms with van der Waals surface area (Å²) in [7, 11) is 0. The molecule has 1 saturated heterocycles. The van der Waals surface area contributed by atoms with Crippen LogP contribution in [0.2, 0.25) is 0 Å². The highest BCUT2D eigenvalue weighted by Crippen LogP contribution is 2.30. The zero-order valence-electron chi connectivity index (χ0n) is 21.8. The summed E-state index contributed by atoms with van der Waals surface area (Å²) in [5, 5.41) is 0. The molecule has 1 aliphatic rings. The van der Waals surface area contributed by atoms with Crippen molar-refractivity contribution >= 4 is 5.97 Å². The van der Waals surface area contributed by atoms with Gasteiger partial charge in [0.25, 0.3) is 0 Å². The second-order valence-corrected chi connectivity index (χ2v) is 9.74. The quantitative estimate of drug-likeness (QED) is 0.0928. The topological polar surface area (TPSA) is 48.1 Å². The maximum absolute atomic E-state index is 12.4. The summed E-state index contributed by atoms with van der Waals surface area (Å²) in [6, 6.07) is 15.9. The fourth-order valence-electron chi connectivity index (χ4n) is 4.40. The third-order valence-corrected chi connectivity index (χ3v) is 6.68. The number of epoxide rings is 1. The molecule has 1 aliphatic heterocycles. The Balaban J connectivity index is 1.34. The molecule has 0 saturated carbocycles. The largest absolute Gasteiger partial charge is 0.494 e. The van der Waals surface area contributed by atoms with Crippen LogP contribution >= 0.6 is 0 Å². The first-order chi connectivity index (χ1) is 17.2. The highest BCUT2D eigenvalue weighted by atomic mass is 16.6. The van der Waals surface area contributed by atoms with Crippen LogP contribution in [0.1, 0.15) is 97.3 Å². The van der Waals surface area contributed by atoms with Gasteiger partial charge in [-0.2, -0.15) is 0 Å². The minimum absolute atomic E-state index is 0.0368. The normalized spacial score (nSPS) is 16.7. The van der Waals surface area contributed by atoms with Gasteiger partial charge in [-0.15, -0.1) is 0 Å². The van der Waals surface area contributed by atoms with Crippen molar-refractivity contribution in [2.75, 3.05) is 6.61 Å². The molecule has 0 radical (unpaired) electrons. The molecule has 0 N–H and O–H groups in total. The van der Waals surface area contributed by atoms with Gasteiger partial charge in [-0.3, -0.25) is 0 Å². The van der Waals surface area contributed by atoms with Crippen LogP contribution in [0.4, 0.5) is 0 Å². The Hall–Kier alpha value is -2.33. The number of carbonyl (C=O) groups is 1. The summed E-state index contributed by atoms with van der Waals surface area (Å²) >= 11 is 0. The molecule has 1 fully saturated rings. The predicted molar refractivity (Wildman–Crippen MR) is 143 cm³/mol. The maximum atomic E-state index is 12.4. The minimum Gasteiger partial charge on any atom is -0.494 e. The fourth-order valence-corrected chi connectivity index (χ4v) is 4.40. The van der Waals surface area contributed by atoms with Crippen LogP contribution in [-0.2, 0) is 9.53 Å². The molecule has 4 nitrogen and oxygen atoms in total. The van der Waals surface area contributed by atoms with E-state index >= 15 is 0 Å². The van der Waals surface area contributed by atoms with Gasteiger partial charge in [-0.05, 0) is 48.2 Å². The minimum atomic E-state index is -0.394. The molecule has 2 atom stereocenters. The first-order valence-corrected chi connectivity index (χ1v) is 13.9. The molecule has 0 unspecified atom stereocenters. The predicted octanol–water partition coefficient (Wildman–Crippen LogP) is 8.52. The van der Waals surface area contributed by atoms with Gasteiger partial charge in [0.1, 0.15) is 11.5 Å². The zero-order valence-corrected chi connectivity index (χ0v) is 21.8. The highest BCUT2D eigenvalue weighted by molar-refractivity contribution is 5.80. The number of ether oxygens (including phenoxy) is 3. The molecule has 2 aromatic rings. The molecular weight excluding hydrogens is 436 g/mol. The third-order valence-electron chi connectivity index (χ3n) is 6.68. The van der Waals surface area contributed by atoms with Crippen LogP contribution in [0.5, 0.6) is 11.5 Å². The highest BCUT2D eigenvalue weighted by Gasteiger charge is 2.45. The van der Waals surface area contributed by atoms with Crippen LogP contribution < -0.4 is 9.47 Å². The number of carbonyl (C=O) groups excluding carboxylic acids is 1. The first kappa shape index (κ1) is 27.3. The van der Waals surface area contributed by atoms with Gasteiger partial charge >= 0.3 is 5.97 Å². The van der Waals surface area contributed by atoms with Gasteiger partial charge in [-0.25, -0.2) is 4.79 Å². The molecule has 3 rings (SSSR count). The lowest BCUT2D eigenvalue weighted by molar-refractivity contribution is -0.135. The van der Waals surface area contributed by atoms with E-state index in [0.717, 1.165) is 42.7 Å². The molecule has 0 aliphatic carbocycles. The van der Waals surface area contributed by atoms with Gasteiger partial charge in [0, 0.05) is 0 Å². The Labute approximate surface area is 212 Å². The van der Waals surface area contributed by atoms with Crippen LogP contribution in [0.3, 0.4) is 0 Å². The lowest BCUT2D eigenvalue weighted by Crippen LogP contribution is -2.17. The lowest BCUT2D eigenvalue weighted by Gasteiger charge is -2.08. The van der Waals surface area contributed by atoms with Gasteiger partial charge < -0.3 is 14.2 Å². The molecule has 0 aromatic heterocycles. The van der Waals surface area contributed by atoms with E-state index in [1.165, 1.54) is 64.2 Å². The molecule has 1 heterocycles. The van der Waals surface area contributed by atoms with Crippen molar-refractivity contribution in [1.29, 1.82) is 0 Å². The van der Waals surface area contributed by atoms with E-state index in [-0.39, 0.29) is 12.1 Å². The molecule has 0 spiro atoms. The SMILES string of the molecule is CCCCCCCCOc1ccc(-c2ccc(OC(=O)[C@@H]3O[C@H]3CCCCCCCC)cc2)cc1.